The SMILES string of the molecule is Cc1ccc(C(=O)NC2CC2)cc1NC(=O)C=Cc1c(C)nn(-c2ccccc2)c1C. The lowest BCUT2D eigenvalue weighted by Crippen LogP contribution is -2.25. The number of carbonyl (C=O) groups is 2. The lowest BCUT2D eigenvalue weighted by Gasteiger charge is -2.10. The maximum absolute atomic E-state index is 12.6. The van der Waals surface area contributed by atoms with Crippen LogP contribution >= 0.6 is 0 Å². The zero-order valence-electron chi connectivity index (χ0n) is 18.0. The van der Waals surface area contributed by atoms with Gasteiger partial charge >= 0.3 is 0 Å². The fourth-order valence-corrected chi connectivity index (χ4v) is 3.44. The molecule has 1 heterocycles. The minimum atomic E-state index is -0.255. The molecule has 31 heavy (non-hydrogen) atoms. The van der Waals surface area contributed by atoms with E-state index in [0.29, 0.717) is 11.3 Å². The van der Waals surface area contributed by atoms with E-state index in [9.17, 15) is 9.59 Å². The second-order valence-corrected chi connectivity index (χ2v) is 7.93. The van der Waals surface area contributed by atoms with Crippen molar-refractivity contribution in [2.24, 2.45) is 0 Å². The van der Waals surface area contributed by atoms with Crippen molar-refractivity contribution < 1.29 is 9.59 Å². The lowest BCUT2D eigenvalue weighted by molar-refractivity contribution is -0.111. The predicted molar refractivity (Wildman–Crippen MR) is 122 cm³/mol. The molecule has 1 aliphatic rings. The van der Waals surface area contributed by atoms with Crippen molar-refractivity contribution in [1.82, 2.24) is 15.1 Å². The largest absolute Gasteiger partial charge is 0.349 e. The third kappa shape index (κ3) is 4.74. The molecule has 2 aromatic carbocycles. The molecule has 3 aromatic rings. The number of benzene rings is 2. The molecule has 4 rings (SSSR count). The zero-order chi connectivity index (χ0) is 22.0. The first-order valence-electron chi connectivity index (χ1n) is 10.4. The van der Waals surface area contributed by atoms with E-state index in [1.54, 1.807) is 18.2 Å². The summed E-state index contributed by atoms with van der Waals surface area (Å²) in [6.07, 6.45) is 5.35. The fraction of sp³-hybridized carbons (Fsp3) is 0.240. The highest BCUT2D eigenvalue weighted by Gasteiger charge is 2.24. The summed E-state index contributed by atoms with van der Waals surface area (Å²) in [5.74, 6) is -0.359. The van der Waals surface area contributed by atoms with Gasteiger partial charge in [0.1, 0.15) is 0 Å². The lowest BCUT2D eigenvalue weighted by atomic mass is 10.1. The van der Waals surface area contributed by atoms with Crippen molar-refractivity contribution in [2.75, 3.05) is 5.32 Å². The van der Waals surface area contributed by atoms with Crippen molar-refractivity contribution in [1.29, 1.82) is 0 Å². The minimum Gasteiger partial charge on any atom is -0.349 e. The molecule has 1 fully saturated rings. The molecule has 1 aromatic heterocycles. The Morgan fingerprint density at radius 1 is 1.06 bits per heavy atom. The normalized spacial score (nSPS) is 13.4. The van der Waals surface area contributed by atoms with Gasteiger partial charge in [-0.3, -0.25) is 9.59 Å². The van der Waals surface area contributed by atoms with E-state index in [0.717, 1.165) is 41.0 Å². The van der Waals surface area contributed by atoms with E-state index >= 15 is 0 Å². The molecule has 0 bridgehead atoms. The van der Waals surface area contributed by atoms with E-state index in [2.05, 4.69) is 15.7 Å². The molecular weight excluding hydrogens is 388 g/mol. The second kappa shape index (κ2) is 8.60. The molecule has 158 valence electrons. The van der Waals surface area contributed by atoms with Crippen LogP contribution in [0.3, 0.4) is 0 Å². The Labute approximate surface area is 182 Å². The van der Waals surface area contributed by atoms with Gasteiger partial charge in [0.05, 0.1) is 11.4 Å². The number of carbonyl (C=O) groups excluding carboxylic acids is 2. The van der Waals surface area contributed by atoms with Crippen LogP contribution in [0.1, 0.15) is 45.7 Å². The zero-order valence-corrected chi connectivity index (χ0v) is 18.0. The molecule has 2 amide bonds. The summed E-state index contributed by atoms with van der Waals surface area (Å²) < 4.78 is 1.87. The van der Waals surface area contributed by atoms with Gasteiger partial charge in [-0.15, -0.1) is 0 Å². The summed E-state index contributed by atoms with van der Waals surface area (Å²) in [4.78, 5) is 24.9. The van der Waals surface area contributed by atoms with Crippen LogP contribution in [0.15, 0.2) is 54.6 Å². The van der Waals surface area contributed by atoms with E-state index in [1.807, 2.05) is 61.9 Å². The number of nitrogens with one attached hydrogen (secondary N) is 2. The number of nitrogens with zero attached hydrogens (tertiary/aromatic N) is 2. The molecule has 0 unspecified atom stereocenters. The first-order chi connectivity index (χ1) is 14.9. The summed E-state index contributed by atoms with van der Waals surface area (Å²) in [6, 6.07) is 15.5. The Hall–Kier alpha value is -3.67. The summed E-state index contributed by atoms with van der Waals surface area (Å²) in [5.41, 5.74) is 5.77. The molecule has 1 saturated carbocycles. The van der Waals surface area contributed by atoms with Crippen molar-refractivity contribution in [3.63, 3.8) is 0 Å². The highest BCUT2D eigenvalue weighted by atomic mass is 16.2. The van der Waals surface area contributed by atoms with Gasteiger partial charge in [0.2, 0.25) is 5.91 Å². The number of rotatable bonds is 6. The minimum absolute atomic E-state index is 0.104. The molecule has 2 N–H and O–H groups in total. The summed E-state index contributed by atoms with van der Waals surface area (Å²) in [7, 11) is 0. The Kier molecular flexibility index (Phi) is 5.71. The first kappa shape index (κ1) is 20.6. The van der Waals surface area contributed by atoms with Gasteiger partial charge in [-0.1, -0.05) is 24.3 Å². The monoisotopic (exact) mass is 414 g/mol. The number of hydrogen-bond donors (Lipinski definition) is 2. The van der Waals surface area contributed by atoms with Gasteiger partial charge in [-0.05, 0) is 69.5 Å². The Morgan fingerprint density at radius 3 is 2.52 bits per heavy atom. The van der Waals surface area contributed by atoms with Crippen LogP contribution < -0.4 is 10.6 Å². The van der Waals surface area contributed by atoms with Gasteiger partial charge in [0.15, 0.2) is 0 Å². The van der Waals surface area contributed by atoms with Crippen LogP contribution in [0.5, 0.6) is 0 Å². The Bertz CT molecular complexity index is 1160. The number of aromatic nitrogens is 2. The Balaban J connectivity index is 1.49. The second-order valence-electron chi connectivity index (χ2n) is 7.93. The molecule has 0 saturated heterocycles. The third-order valence-electron chi connectivity index (χ3n) is 5.42. The van der Waals surface area contributed by atoms with E-state index in [-0.39, 0.29) is 17.9 Å². The molecule has 0 radical (unpaired) electrons. The van der Waals surface area contributed by atoms with Gasteiger partial charge in [0.25, 0.3) is 5.91 Å². The molecule has 0 aliphatic heterocycles. The summed E-state index contributed by atoms with van der Waals surface area (Å²) in [6.45, 7) is 5.81. The number of hydrogen-bond acceptors (Lipinski definition) is 3. The van der Waals surface area contributed by atoms with Crippen LogP contribution in [0.4, 0.5) is 5.69 Å². The summed E-state index contributed by atoms with van der Waals surface area (Å²) in [5, 5.41) is 10.5. The van der Waals surface area contributed by atoms with Crippen LogP contribution in [-0.4, -0.2) is 27.6 Å². The van der Waals surface area contributed by atoms with E-state index in [1.165, 1.54) is 6.08 Å². The third-order valence-corrected chi connectivity index (χ3v) is 5.42. The molecule has 6 heteroatoms. The fourth-order valence-electron chi connectivity index (χ4n) is 3.44. The van der Waals surface area contributed by atoms with E-state index < -0.39 is 0 Å². The van der Waals surface area contributed by atoms with Gasteiger partial charge in [-0.25, -0.2) is 4.68 Å². The average Bonchev–Trinajstić information content (AvgIpc) is 3.53. The smallest absolute Gasteiger partial charge is 0.251 e. The molecule has 6 nitrogen and oxygen atoms in total. The van der Waals surface area contributed by atoms with Crippen LogP contribution in [0, 0.1) is 20.8 Å². The maximum Gasteiger partial charge on any atom is 0.251 e. The standard InChI is InChI=1S/C25H26N4O2/c1-16-9-10-19(25(31)26-20-11-12-20)15-23(16)27-24(30)14-13-22-17(2)28-29(18(22)3)21-7-5-4-6-8-21/h4-10,13-15,20H,11-12H2,1-3H3,(H,26,31)(H,27,30). The number of aryl methyl sites for hydroxylation is 2. The van der Waals surface area contributed by atoms with Crippen molar-refractivity contribution >= 4 is 23.6 Å². The maximum atomic E-state index is 12.6. The number of anilines is 1. The van der Waals surface area contributed by atoms with Crippen molar-refractivity contribution in [3.8, 4) is 5.69 Å². The molecule has 1 aliphatic carbocycles. The van der Waals surface area contributed by atoms with Crippen LogP contribution in [-0.2, 0) is 4.79 Å². The Morgan fingerprint density at radius 2 is 1.81 bits per heavy atom. The van der Waals surface area contributed by atoms with Gasteiger partial charge < -0.3 is 10.6 Å². The summed E-state index contributed by atoms with van der Waals surface area (Å²) >= 11 is 0. The number of amides is 2. The highest BCUT2D eigenvalue weighted by molar-refractivity contribution is 6.03. The highest BCUT2D eigenvalue weighted by Crippen LogP contribution is 2.22. The number of para-hydroxylation sites is 1. The first-order valence-corrected chi connectivity index (χ1v) is 10.4. The van der Waals surface area contributed by atoms with Gasteiger partial charge in [-0.2, -0.15) is 5.10 Å². The molecular formula is C25H26N4O2. The van der Waals surface area contributed by atoms with Crippen molar-refractivity contribution in [3.05, 3.63) is 82.7 Å². The topological polar surface area (TPSA) is 76.0 Å². The van der Waals surface area contributed by atoms with Crippen LogP contribution in [0.2, 0.25) is 0 Å². The van der Waals surface area contributed by atoms with Crippen LogP contribution in [0.25, 0.3) is 11.8 Å². The predicted octanol–water partition coefficient (Wildman–Crippen LogP) is 4.34. The van der Waals surface area contributed by atoms with E-state index in [4.69, 9.17) is 0 Å². The molecule has 0 atom stereocenters. The van der Waals surface area contributed by atoms with Crippen molar-refractivity contribution in [2.45, 2.75) is 39.7 Å². The van der Waals surface area contributed by atoms with Gasteiger partial charge in [0, 0.05) is 34.6 Å². The average molecular weight is 415 g/mol. The quantitative estimate of drug-likeness (QED) is 0.589. The molecule has 0 spiro atoms.